The largest absolute Gasteiger partial charge is 0.457 e. The molecule has 324 valence electrons. The molecule has 6 heterocycles. The van der Waals surface area contributed by atoms with Gasteiger partial charge in [-0.3, -0.25) is 9.97 Å². The molecular formula is C61H33N7OS. The zero-order valence-electron chi connectivity index (χ0n) is 37.0. The van der Waals surface area contributed by atoms with Crippen LogP contribution in [-0.4, -0.2) is 19.1 Å². The van der Waals surface area contributed by atoms with Gasteiger partial charge in [0.15, 0.2) is 0 Å². The second-order valence-electron chi connectivity index (χ2n) is 18.0. The van der Waals surface area contributed by atoms with Crippen LogP contribution in [0, 0.1) is 22.7 Å². The van der Waals surface area contributed by atoms with Crippen molar-refractivity contribution in [1.29, 1.82) is 10.5 Å². The summed E-state index contributed by atoms with van der Waals surface area (Å²) in [5.74, 6) is 1.44. The number of pyridine rings is 2. The average molecular weight is 912 g/mol. The Morgan fingerprint density at radius 1 is 0.429 bits per heavy atom. The van der Waals surface area contributed by atoms with Gasteiger partial charge >= 0.3 is 0 Å². The maximum Gasteiger partial charge on any atom is 0.134 e. The van der Waals surface area contributed by atoms with Gasteiger partial charge in [0.05, 0.1) is 73.5 Å². The van der Waals surface area contributed by atoms with E-state index in [1.807, 2.05) is 72.7 Å². The van der Waals surface area contributed by atoms with Crippen molar-refractivity contribution in [2.75, 3.05) is 4.90 Å². The third-order valence-electron chi connectivity index (χ3n) is 14.5. The highest BCUT2D eigenvalue weighted by Gasteiger charge is 2.52. The van der Waals surface area contributed by atoms with Crippen LogP contribution in [0.4, 0.5) is 17.1 Å². The fraction of sp³-hybridized carbons (Fsp3) is 0.0164. The number of hydrogen-bond acceptors (Lipinski definition) is 7. The molecule has 1 spiro atoms. The van der Waals surface area contributed by atoms with Crippen molar-refractivity contribution in [2.45, 2.75) is 15.2 Å². The van der Waals surface area contributed by atoms with E-state index in [9.17, 15) is 10.5 Å². The minimum absolute atomic E-state index is 0.555. The maximum absolute atomic E-state index is 9.91. The first kappa shape index (κ1) is 38.7. The highest BCUT2D eigenvalue weighted by molar-refractivity contribution is 7.99. The Hall–Kier alpha value is -9.41. The van der Waals surface area contributed by atoms with Crippen molar-refractivity contribution in [3.05, 3.63) is 234 Å². The third-order valence-corrected chi connectivity index (χ3v) is 15.6. The molecule has 3 aliphatic rings. The molecule has 0 unspecified atom stereocenters. The van der Waals surface area contributed by atoms with Crippen LogP contribution in [0.15, 0.2) is 210 Å². The molecule has 0 fully saturated rings. The number of nitrogens with zero attached hydrogens (tertiary/aromatic N) is 7. The van der Waals surface area contributed by atoms with Gasteiger partial charge in [0.25, 0.3) is 0 Å². The minimum atomic E-state index is -0.799. The van der Waals surface area contributed by atoms with Crippen LogP contribution in [0.3, 0.4) is 0 Å². The van der Waals surface area contributed by atoms with Gasteiger partial charge in [-0.15, -0.1) is 0 Å². The Kier molecular flexibility index (Phi) is 7.90. The molecule has 0 amide bonds. The number of rotatable bonds is 3. The maximum atomic E-state index is 9.91. The molecule has 8 aromatic carbocycles. The summed E-state index contributed by atoms with van der Waals surface area (Å²) < 4.78 is 11.8. The molecule has 9 heteroatoms. The molecule has 8 nitrogen and oxygen atoms in total. The van der Waals surface area contributed by atoms with Crippen molar-refractivity contribution in [1.82, 2.24) is 19.1 Å². The second-order valence-corrected chi connectivity index (χ2v) is 19.0. The molecular weight excluding hydrogens is 879 g/mol. The lowest BCUT2D eigenvalue weighted by molar-refractivity contribution is 0.436. The van der Waals surface area contributed by atoms with Crippen LogP contribution in [0.25, 0.3) is 66.4 Å². The summed E-state index contributed by atoms with van der Waals surface area (Å²) in [7, 11) is 0. The average Bonchev–Trinajstić information content (AvgIpc) is 4.03. The summed E-state index contributed by atoms with van der Waals surface area (Å²) in [5.41, 5.74) is 15.4. The van der Waals surface area contributed by atoms with Gasteiger partial charge in [-0.2, -0.15) is 10.5 Å². The van der Waals surface area contributed by atoms with Crippen LogP contribution in [0.2, 0.25) is 0 Å². The van der Waals surface area contributed by atoms with Gasteiger partial charge in [0, 0.05) is 84.1 Å². The van der Waals surface area contributed by atoms with Crippen molar-refractivity contribution in [2.24, 2.45) is 0 Å². The Balaban J connectivity index is 0.950. The lowest BCUT2D eigenvalue weighted by Crippen LogP contribution is -2.32. The first-order valence-electron chi connectivity index (χ1n) is 23.1. The Morgan fingerprint density at radius 3 is 1.49 bits per heavy atom. The zero-order valence-corrected chi connectivity index (χ0v) is 37.8. The van der Waals surface area contributed by atoms with Gasteiger partial charge in [-0.05, 0) is 120 Å². The van der Waals surface area contributed by atoms with Crippen molar-refractivity contribution in [3.8, 4) is 46.4 Å². The molecule has 0 radical (unpaired) electrons. The number of ether oxygens (including phenoxy) is 1. The monoisotopic (exact) mass is 911 g/mol. The number of fused-ring (bicyclic) bond motifs is 17. The lowest BCUT2D eigenvalue weighted by Gasteiger charge is -2.39. The Morgan fingerprint density at radius 2 is 0.914 bits per heavy atom. The van der Waals surface area contributed by atoms with Crippen molar-refractivity contribution in [3.63, 3.8) is 0 Å². The SMILES string of the molecule is N#Cc1ccc2c(c1)c1cc(C#N)ccc1n2-c1ccc2c(c1)Oc1cc(-n3c4ccccc4c4cc(N5c6ccccc6Sc6ccccc65)ccc43)ccc1C21c2cccnc2-c2ncccc21. The number of aromatic nitrogens is 4. The number of anilines is 3. The van der Waals surface area contributed by atoms with Crippen molar-refractivity contribution >= 4 is 72.4 Å². The Labute approximate surface area is 405 Å². The van der Waals surface area contributed by atoms with Crippen LogP contribution >= 0.6 is 11.8 Å². The summed E-state index contributed by atoms with van der Waals surface area (Å²) in [4.78, 5) is 14.8. The van der Waals surface area contributed by atoms with Crippen LogP contribution < -0.4 is 9.64 Å². The molecule has 1 aliphatic carbocycles. The van der Waals surface area contributed by atoms with E-state index in [-0.39, 0.29) is 0 Å². The van der Waals surface area contributed by atoms with Crippen LogP contribution in [0.5, 0.6) is 11.5 Å². The Bertz CT molecular complexity index is 4220. The van der Waals surface area contributed by atoms with Gasteiger partial charge in [-0.1, -0.05) is 78.5 Å². The van der Waals surface area contributed by atoms with E-state index in [2.05, 4.69) is 166 Å². The van der Waals surface area contributed by atoms with E-state index >= 15 is 0 Å². The molecule has 0 atom stereocenters. The predicted octanol–water partition coefficient (Wildman–Crippen LogP) is 14.8. The van der Waals surface area contributed by atoms with E-state index in [0.29, 0.717) is 16.9 Å². The number of benzene rings is 8. The molecule has 0 N–H and O–H groups in total. The highest BCUT2D eigenvalue weighted by atomic mass is 32.2. The smallest absolute Gasteiger partial charge is 0.134 e. The van der Waals surface area contributed by atoms with E-state index in [4.69, 9.17) is 14.7 Å². The summed E-state index contributed by atoms with van der Waals surface area (Å²) in [6.45, 7) is 0. The second kappa shape index (κ2) is 14.3. The van der Waals surface area contributed by atoms with Gasteiger partial charge in [-0.25, -0.2) is 0 Å². The molecule has 2 aliphatic heterocycles. The summed E-state index contributed by atoms with van der Waals surface area (Å²) >= 11 is 1.81. The number of hydrogen-bond donors (Lipinski definition) is 0. The van der Waals surface area contributed by atoms with E-state index in [1.54, 1.807) is 0 Å². The minimum Gasteiger partial charge on any atom is -0.457 e. The first-order valence-corrected chi connectivity index (χ1v) is 23.9. The fourth-order valence-corrected chi connectivity index (χ4v) is 12.7. The first-order chi connectivity index (χ1) is 34.6. The molecule has 70 heavy (non-hydrogen) atoms. The molecule has 15 rings (SSSR count). The van der Waals surface area contributed by atoms with E-state index < -0.39 is 5.41 Å². The summed E-state index contributed by atoms with van der Waals surface area (Å²) in [6.07, 6.45) is 3.69. The summed E-state index contributed by atoms with van der Waals surface area (Å²) in [6, 6.07) is 70.4. The molecule has 0 saturated carbocycles. The van der Waals surface area contributed by atoms with Crippen molar-refractivity contribution < 1.29 is 4.74 Å². The molecule has 12 aromatic rings. The van der Waals surface area contributed by atoms with Gasteiger partial charge < -0.3 is 18.8 Å². The molecule has 0 saturated heterocycles. The zero-order chi connectivity index (χ0) is 46.2. The van der Waals surface area contributed by atoms with Crippen LogP contribution in [-0.2, 0) is 5.41 Å². The summed E-state index contributed by atoms with van der Waals surface area (Å²) in [5, 5.41) is 23.9. The quantitative estimate of drug-likeness (QED) is 0.174. The third kappa shape index (κ3) is 5.13. The normalized spacial score (nSPS) is 13.5. The van der Waals surface area contributed by atoms with Gasteiger partial charge in [0.2, 0.25) is 0 Å². The standard InChI is InChI=1S/C61H33N7OS/c62-34-36-17-24-50-42(29-36)43-30-37(35-63)18-25-51(43)67(50)40-20-23-46-56(33-40)69-55-32-39(19-22-45(55)61(46)47-10-7-27-64-59(47)60-48(61)11-8-28-65-60)66-49-12-2-1-9-41(49)44-31-38(21-26-52(44)66)68-53-13-3-5-15-57(53)70-58-16-6-4-14-54(58)68/h1-33H. The van der Waals surface area contributed by atoms with Gasteiger partial charge in [0.1, 0.15) is 11.5 Å². The number of nitriles is 2. The molecule has 4 aromatic heterocycles. The lowest BCUT2D eigenvalue weighted by atomic mass is 9.66. The molecule has 0 bridgehead atoms. The number of para-hydroxylation sites is 3. The van der Waals surface area contributed by atoms with E-state index in [0.717, 1.165) is 100 Å². The predicted molar refractivity (Wildman–Crippen MR) is 276 cm³/mol. The fourth-order valence-electron chi connectivity index (χ4n) is 11.7. The van der Waals surface area contributed by atoms with E-state index in [1.165, 1.54) is 21.2 Å². The van der Waals surface area contributed by atoms with Crippen LogP contribution in [0.1, 0.15) is 33.4 Å². The highest BCUT2D eigenvalue weighted by Crippen LogP contribution is 2.62. The topological polar surface area (TPSA) is 95.7 Å².